The van der Waals surface area contributed by atoms with Gasteiger partial charge < -0.3 is 9.47 Å². The van der Waals surface area contributed by atoms with Crippen molar-refractivity contribution in [2.24, 2.45) is 0 Å². The molecular formula is C12H20BrNO3. The maximum atomic E-state index is 11.1. The van der Waals surface area contributed by atoms with E-state index in [2.05, 4.69) is 32.1 Å². The van der Waals surface area contributed by atoms with Crippen LogP contribution in [-0.4, -0.2) is 50.3 Å². The zero-order chi connectivity index (χ0) is 12.7. The van der Waals surface area contributed by atoms with Crippen LogP contribution in [0.3, 0.4) is 0 Å². The van der Waals surface area contributed by atoms with Crippen molar-refractivity contribution in [2.45, 2.75) is 25.4 Å². The van der Waals surface area contributed by atoms with Crippen LogP contribution in [-0.2, 0) is 14.3 Å². The molecule has 0 saturated carbocycles. The summed E-state index contributed by atoms with van der Waals surface area (Å²) in [5.74, 6) is -0.178. The number of halogens is 1. The highest BCUT2D eigenvalue weighted by Gasteiger charge is 2.19. The summed E-state index contributed by atoms with van der Waals surface area (Å²) in [6.07, 6.45) is 2.93. The third kappa shape index (κ3) is 6.19. The maximum absolute atomic E-state index is 11.1. The van der Waals surface area contributed by atoms with Gasteiger partial charge in [0.25, 0.3) is 0 Å². The van der Waals surface area contributed by atoms with Crippen molar-refractivity contribution < 1.29 is 14.3 Å². The van der Waals surface area contributed by atoms with Crippen LogP contribution >= 0.6 is 15.9 Å². The number of hydrogen-bond acceptors (Lipinski definition) is 4. The van der Waals surface area contributed by atoms with E-state index in [1.54, 1.807) is 0 Å². The number of esters is 1. The van der Waals surface area contributed by atoms with Crippen molar-refractivity contribution in [3.05, 3.63) is 11.1 Å². The van der Waals surface area contributed by atoms with E-state index in [0.29, 0.717) is 19.1 Å². The monoisotopic (exact) mass is 305 g/mol. The molecule has 0 aromatic heterocycles. The number of methoxy groups -OCH3 is 1. The Bertz CT molecular complexity index is 264. The molecule has 5 heteroatoms. The van der Waals surface area contributed by atoms with Gasteiger partial charge >= 0.3 is 5.97 Å². The lowest BCUT2D eigenvalue weighted by atomic mass is 10.2. The first-order valence-corrected chi connectivity index (χ1v) is 6.65. The number of hydrogen-bond donors (Lipinski definition) is 0. The van der Waals surface area contributed by atoms with Crippen LogP contribution in [0.4, 0.5) is 0 Å². The second-order valence-electron chi connectivity index (χ2n) is 4.21. The molecule has 0 bridgehead atoms. The normalized spacial score (nSPS) is 19.6. The lowest BCUT2D eigenvalue weighted by Gasteiger charge is -2.24. The summed E-state index contributed by atoms with van der Waals surface area (Å²) in [6.45, 7) is 6.95. The molecule has 0 N–H and O–H groups in total. The fourth-order valence-electron chi connectivity index (χ4n) is 1.91. The van der Waals surface area contributed by atoms with E-state index in [1.807, 2.05) is 0 Å². The van der Waals surface area contributed by atoms with Crippen molar-refractivity contribution in [3.63, 3.8) is 0 Å². The van der Waals surface area contributed by atoms with E-state index in [0.717, 1.165) is 37.0 Å². The first-order valence-electron chi connectivity index (χ1n) is 5.86. The van der Waals surface area contributed by atoms with Crippen molar-refractivity contribution in [1.29, 1.82) is 0 Å². The smallest absolute Gasteiger partial charge is 0.306 e. The Morgan fingerprint density at radius 1 is 1.65 bits per heavy atom. The highest BCUT2D eigenvalue weighted by Crippen LogP contribution is 2.15. The molecule has 1 fully saturated rings. The zero-order valence-corrected chi connectivity index (χ0v) is 11.9. The topological polar surface area (TPSA) is 38.8 Å². The minimum Gasteiger partial charge on any atom is -0.469 e. The molecule has 0 aromatic rings. The number of ether oxygens (including phenoxy) is 2. The van der Waals surface area contributed by atoms with Crippen molar-refractivity contribution in [3.8, 4) is 0 Å². The van der Waals surface area contributed by atoms with Gasteiger partial charge in [0, 0.05) is 30.7 Å². The average Bonchev–Trinajstić information content (AvgIpc) is 2.77. The van der Waals surface area contributed by atoms with Crippen LogP contribution in [0.1, 0.15) is 19.3 Å². The molecule has 1 aliphatic heterocycles. The molecule has 1 aliphatic rings. The van der Waals surface area contributed by atoms with Gasteiger partial charge in [-0.25, -0.2) is 0 Å². The Kier molecular flexibility index (Phi) is 6.77. The van der Waals surface area contributed by atoms with Gasteiger partial charge in [-0.15, -0.1) is 0 Å². The second-order valence-corrected chi connectivity index (χ2v) is 5.34. The molecule has 0 radical (unpaired) electrons. The first kappa shape index (κ1) is 14.7. The van der Waals surface area contributed by atoms with Gasteiger partial charge in [0.05, 0.1) is 19.6 Å². The Morgan fingerprint density at radius 2 is 2.41 bits per heavy atom. The Labute approximate surface area is 111 Å². The summed E-state index contributed by atoms with van der Waals surface area (Å²) in [5.41, 5.74) is 0. The van der Waals surface area contributed by atoms with E-state index in [9.17, 15) is 4.79 Å². The number of carbonyl (C=O) groups excluding carboxylic acids is 1. The second kappa shape index (κ2) is 7.84. The average molecular weight is 306 g/mol. The summed E-state index contributed by atoms with van der Waals surface area (Å²) < 4.78 is 11.2. The molecule has 0 spiro atoms. The third-order valence-corrected chi connectivity index (χ3v) is 2.99. The molecule has 1 atom stereocenters. The first-order chi connectivity index (χ1) is 8.11. The van der Waals surface area contributed by atoms with Gasteiger partial charge in [0.15, 0.2) is 0 Å². The van der Waals surface area contributed by atoms with E-state index in [1.165, 1.54) is 7.11 Å². The number of carbonyl (C=O) groups is 1. The quantitative estimate of drug-likeness (QED) is 0.674. The third-order valence-electron chi connectivity index (χ3n) is 2.74. The summed E-state index contributed by atoms with van der Waals surface area (Å²) in [4.78, 5) is 13.3. The lowest BCUT2D eigenvalue weighted by molar-refractivity contribution is -0.141. The minimum absolute atomic E-state index is 0.178. The van der Waals surface area contributed by atoms with Gasteiger partial charge in [0.2, 0.25) is 0 Å². The molecule has 17 heavy (non-hydrogen) atoms. The molecule has 0 aromatic carbocycles. The van der Waals surface area contributed by atoms with Gasteiger partial charge in [-0.05, 0) is 12.8 Å². The molecule has 98 valence electrons. The Balaban J connectivity index is 2.35. The lowest BCUT2D eigenvalue weighted by Crippen LogP contribution is -2.34. The Hall–Kier alpha value is -0.390. The predicted octanol–water partition coefficient (Wildman–Crippen LogP) is 1.94. The summed E-state index contributed by atoms with van der Waals surface area (Å²) >= 11 is 3.36. The zero-order valence-electron chi connectivity index (χ0n) is 10.3. The van der Waals surface area contributed by atoms with Gasteiger partial charge in [-0.2, -0.15) is 0 Å². The fourth-order valence-corrected chi connectivity index (χ4v) is 2.26. The van der Waals surface area contributed by atoms with Gasteiger partial charge in [0.1, 0.15) is 0 Å². The highest BCUT2D eigenvalue weighted by molar-refractivity contribution is 9.11. The van der Waals surface area contributed by atoms with Gasteiger partial charge in [-0.1, -0.05) is 22.5 Å². The van der Waals surface area contributed by atoms with Crippen LogP contribution in [0, 0.1) is 0 Å². The van der Waals surface area contributed by atoms with Crippen molar-refractivity contribution >= 4 is 21.9 Å². The standard InChI is InChI=1S/C12H20BrNO3/c1-10(13)8-14(6-5-12(15)16-2)9-11-4-3-7-17-11/h11H,1,3-9H2,2H3/t11-/m1/s1. The molecule has 1 heterocycles. The van der Waals surface area contributed by atoms with E-state index < -0.39 is 0 Å². The summed E-state index contributed by atoms with van der Waals surface area (Å²) in [7, 11) is 1.41. The molecule has 1 saturated heterocycles. The Morgan fingerprint density at radius 3 is 2.94 bits per heavy atom. The van der Waals surface area contributed by atoms with E-state index in [4.69, 9.17) is 4.74 Å². The van der Waals surface area contributed by atoms with Crippen LogP contribution in [0.25, 0.3) is 0 Å². The van der Waals surface area contributed by atoms with Crippen LogP contribution < -0.4 is 0 Å². The SMILES string of the molecule is C=C(Br)CN(CCC(=O)OC)C[C@H]1CCCO1. The predicted molar refractivity (Wildman–Crippen MR) is 70.1 cm³/mol. The van der Waals surface area contributed by atoms with Crippen LogP contribution in [0.15, 0.2) is 11.1 Å². The minimum atomic E-state index is -0.178. The summed E-state index contributed by atoms with van der Waals surface area (Å²) in [6, 6.07) is 0. The van der Waals surface area contributed by atoms with Crippen LogP contribution in [0.5, 0.6) is 0 Å². The molecule has 0 unspecified atom stereocenters. The molecular weight excluding hydrogens is 286 g/mol. The largest absolute Gasteiger partial charge is 0.469 e. The molecule has 0 amide bonds. The fraction of sp³-hybridized carbons (Fsp3) is 0.750. The van der Waals surface area contributed by atoms with E-state index in [-0.39, 0.29) is 5.97 Å². The molecule has 1 rings (SSSR count). The van der Waals surface area contributed by atoms with E-state index >= 15 is 0 Å². The number of rotatable bonds is 7. The molecule has 0 aliphatic carbocycles. The molecule has 4 nitrogen and oxygen atoms in total. The summed E-state index contributed by atoms with van der Waals surface area (Å²) in [5, 5.41) is 0. The van der Waals surface area contributed by atoms with Gasteiger partial charge in [-0.3, -0.25) is 9.69 Å². The van der Waals surface area contributed by atoms with Crippen molar-refractivity contribution in [2.75, 3.05) is 33.4 Å². The van der Waals surface area contributed by atoms with Crippen molar-refractivity contribution in [1.82, 2.24) is 4.90 Å². The number of nitrogens with zero attached hydrogens (tertiary/aromatic N) is 1. The highest BCUT2D eigenvalue weighted by atomic mass is 79.9. The van der Waals surface area contributed by atoms with Crippen LogP contribution in [0.2, 0.25) is 0 Å². The maximum Gasteiger partial charge on any atom is 0.306 e.